The Morgan fingerprint density at radius 2 is 2.19 bits per heavy atom. The number of amides is 2. The first kappa shape index (κ1) is 19.5. The van der Waals surface area contributed by atoms with Gasteiger partial charge in [0.15, 0.2) is 16.7 Å². The van der Waals surface area contributed by atoms with E-state index in [1.807, 2.05) is 0 Å². The molecule has 2 N–H and O–H groups in total. The number of nitrogens with zero attached hydrogens (tertiary/aromatic N) is 1. The number of thioether (sulfide) groups is 1. The number of hydrogen-bond acceptors (Lipinski definition) is 7. The third kappa shape index (κ3) is 5.14. The van der Waals surface area contributed by atoms with Gasteiger partial charge < -0.3 is 24.8 Å². The van der Waals surface area contributed by atoms with Gasteiger partial charge in [0.25, 0.3) is 0 Å². The van der Waals surface area contributed by atoms with E-state index in [-0.39, 0.29) is 24.3 Å². The second kappa shape index (κ2) is 9.09. The Morgan fingerprint density at radius 3 is 2.89 bits per heavy atom. The minimum atomic E-state index is -0.492. The summed E-state index contributed by atoms with van der Waals surface area (Å²) < 4.78 is 15.9. The molecule has 1 aromatic carbocycles. The summed E-state index contributed by atoms with van der Waals surface area (Å²) in [4.78, 5) is 28.8. The predicted octanol–water partition coefficient (Wildman–Crippen LogP) is 1.80. The smallest absolute Gasteiger partial charge is 0.240 e. The summed E-state index contributed by atoms with van der Waals surface area (Å²) in [6.07, 6.45) is 2.23. The van der Waals surface area contributed by atoms with Crippen molar-refractivity contribution in [1.82, 2.24) is 5.32 Å². The number of carbonyl (C=O) groups is 2. The summed E-state index contributed by atoms with van der Waals surface area (Å²) in [7, 11) is 3.07. The summed E-state index contributed by atoms with van der Waals surface area (Å²) in [6, 6.07) is 5.10. The summed E-state index contributed by atoms with van der Waals surface area (Å²) in [6.45, 7) is 1.31. The van der Waals surface area contributed by atoms with Crippen molar-refractivity contribution >= 4 is 34.4 Å². The monoisotopic (exact) mass is 393 g/mol. The summed E-state index contributed by atoms with van der Waals surface area (Å²) in [5, 5.41) is 5.57. The molecule has 2 amide bonds. The molecule has 146 valence electrons. The zero-order valence-corrected chi connectivity index (χ0v) is 16.1. The summed E-state index contributed by atoms with van der Waals surface area (Å²) in [5.41, 5.74) is 0.577. The van der Waals surface area contributed by atoms with E-state index in [4.69, 9.17) is 14.2 Å². The minimum Gasteiger partial charge on any atom is -0.493 e. The molecule has 8 nitrogen and oxygen atoms in total. The lowest BCUT2D eigenvalue weighted by Gasteiger charge is -2.11. The first-order chi connectivity index (χ1) is 13.1. The average molecular weight is 393 g/mol. The maximum Gasteiger partial charge on any atom is 0.240 e. The van der Waals surface area contributed by atoms with E-state index < -0.39 is 5.25 Å². The lowest BCUT2D eigenvalue weighted by molar-refractivity contribution is -0.122. The van der Waals surface area contributed by atoms with Gasteiger partial charge in [-0.2, -0.15) is 0 Å². The van der Waals surface area contributed by atoms with Crippen molar-refractivity contribution in [2.75, 3.05) is 32.7 Å². The third-order valence-electron chi connectivity index (χ3n) is 4.28. The molecule has 2 heterocycles. The molecule has 27 heavy (non-hydrogen) atoms. The fraction of sp³-hybridized carbons (Fsp3) is 0.500. The van der Waals surface area contributed by atoms with Crippen LogP contribution in [-0.4, -0.2) is 55.7 Å². The summed E-state index contributed by atoms with van der Waals surface area (Å²) >= 11 is 1.28. The van der Waals surface area contributed by atoms with Gasteiger partial charge in [0.2, 0.25) is 11.8 Å². The number of methoxy groups -OCH3 is 2. The maximum atomic E-state index is 12.3. The van der Waals surface area contributed by atoms with E-state index in [2.05, 4.69) is 15.6 Å². The number of aliphatic imine (C=N–C) groups is 1. The standard InChI is InChI=1S/C18H23N3O5S/c1-24-13-6-5-11(8-14(13)25-2)20-16(22)9-15-17(23)21-18(27-15)19-10-12-4-3-7-26-12/h5-6,8,12,15H,3-4,7,9-10H2,1-2H3,(H,20,22)(H,19,21,23)/t12-,15-/m1/s1. The highest BCUT2D eigenvalue weighted by molar-refractivity contribution is 8.15. The van der Waals surface area contributed by atoms with Crippen LogP contribution in [-0.2, 0) is 14.3 Å². The van der Waals surface area contributed by atoms with E-state index in [1.165, 1.54) is 18.9 Å². The highest BCUT2D eigenvalue weighted by Crippen LogP contribution is 2.30. The van der Waals surface area contributed by atoms with Gasteiger partial charge in [-0.25, -0.2) is 0 Å². The number of ether oxygens (including phenoxy) is 3. The largest absolute Gasteiger partial charge is 0.493 e. The molecule has 2 atom stereocenters. The molecular formula is C18H23N3O5S. The normalized spacial score (nSPS) is 23.3. The van der Waals surface area contributed by atoms with Gasteiger partial charge >= 0.3 is 0 Å². The number of benzene rings is 1. The van der Waals surface area contributed by atoms with Gasteiger partial charge in [-0.05, 0) is 25.0 Å². The van der Waals surface area contributed by atoms with Crippen molar-refractivity contribution in [3.8, 4) is 11.5 Å². The lowest BCUT2D eigenvalue weighted by Crippen LogP contribution is -2.28. The lowest BCUT2D eigenvalue weighted by atomic mass is 10.2. The molecule has 0 bridgehead atoms. The number of amidine groups is 1. The molecule has 0 aromatic heterocycles. The van der Waals surface area contributed by atoms with E-state index >= 15 is 0 Å². The molecule has 0 saturated carbocycles. The minimum absolute atomic E-state index is 0.0593. The molecule has 2 aliphatic rings. The van der Waals surface area contributed by atoms with E-state index in [1.54, 1.807) is 25.3 Å². The molecular weight excluding hydrogens is 370 g/mol. The van der Waals surface area contributed by atoms with Crippen molar-refractivity contribution < 1.29 is 23.8 Å². The first-order valence-corrected chi connectivity index (χ1v) is 9.62. The number of nitrogens with one attached hydrogen (secondary N) is 2. The third-order valence-corrected chi connectivity index (χ3v) is 5.40. The molecule has 3 rings (SSSR count). The second-order valence-electron chi connectivity index (χ2n) is 6.20. The topological polar surface area (TPSA) is 98.3 Å². The van der Waals surface area contributed by atoms with Crippen LogP contribution in [0.3, 0.4) is 0 Å². The Kier molecular flexibility index (Phi) is 6.57. The molecule has 0 spiro atoms. The van der Waals surface area contributed by atoms with Crippen molar-refractivity contribution in [3.63, 3.8) is 0 Å². The van der Waals surface area contributed by atoms with Gasteiger partial charge in [0.1, 0.15) is 5.25 Å². The zero-order chi connectivity index (χ0) is 19.2. The Hall–Kier alpha value is -2.26. The number of rotatable bonds is 7. The SMILES string of the molecule is COc1ccc(NC(=O)C[C@H]2SC(=NC[C@H]3CCCO3)NC2=O)cc1OC. The first-order valence-electron chi connectivity index (χ1n) is 8.74. The maximum absolute atomic E-state index is 12.3. The Morgan fingerprint density at radius 1 is 1.37 bits per heavy atom. The molecule has 2 fully saturated rings. The molecule has 2 saturated heterocycles. The van der Waals surface area contributed by atoms with Crippen LogP contribution in [0, 0.1) is 0 Å². The van der Waals surface area contributed by atoms with Gasteiger partial charge in [0, 0.05) is 24.8 Å². The van der Waals surface area contributed by atoms with Crippen molar-refractivity contribution in [1.29, 1.82) is 0 Å². The number of carbonyl (C=O) groups excluding carboxylic acids is 2. The van der Waals surface area contributed by atoms with E-state index in [0.29, 0.717) is 28.9 Å². The van der Waals surface area contributed by atoms with E-state index in [0.717, 1.165) is 19.4 Å². The predicted molar refractivity (Wildman–Crippen MR) is 104 cm³/mol. The van der Waals surface area contributed by atoms with Crippen LogP contribution in [0.5, 0.6) is 11.5 Å². The molecule has 9 heteroatoms. The van der Waals surface area contributed by atoms with Gasteiger partial charge in [-0.15, -0.1) is 0 Å². The molecule has 1 aromatic rings. The summed E-state index contributed by atoms with van der Waals surface area (Å²) in [5.74, 6) is 0.643. The van der Waals surface area contributed by atoms with Crippen molar-refractivity contribution in [3.05, 3.63) is 18.2 Å². The Labute approximate surface area is 162 Å². The van der Waals surface area contributed by atoms with Crippen LogP contribution in [0.4, 0.5) is 5.69 Å². The zero-order valence-electron chi connectivity index (χ0n) is 15.3. The quantitative estimate of drug-likeness (QED) is 0.733. The number of anilines is 1. The van der Waals surface area contributed by atoms with Gasteiger partial charge in [-0.3, -0.25) is 14.6 Å². The van der Waals surface area contributed by atoms with Crippen LogP contribution in [0.1, 0.15) is 19.3 Å². The second-order valence-corrected chi connectivity index (χ2v) is 7.39. The van der Waals surface area contributed by atoms with Gasteiger partial charge in [-0.1, -0.05) is 11.8 Å². The van der Waals surface area contributed by atoms with Crippen LogP contribution in [0.15, 0.2) is 23.2 Å². The fourth-order valence-electron chi connectivity index (χ4n) is 2.88. The number of hydrogen-bond donors (Lipinski definition) is 2. The average Bonchev–Trinajstić information content (AvgIpc) is 3.30. The fourth-order valence-corrected chi connectivity index (χ4v) is 3.86. The molecule has 0 unspecified atom stereocenters. The molecule has 0 radical (unpaired) electrons. The van der Waals surface area contributed by atoms with Crippen molar-refractivity contribution in [2.24, 2.45) is 4.99 Å². The van der Waals surface area contributed by atoms with Crippen LogP contribution in [0.25, 0.3) is 0 Å². The van der Waals surface area contributed by atoms with Crippen LogP contribution >= 0.6 is 11.8 Å². The highest BCUT2D eigenvalue weighted by atomic mass is 32.2. The highest BCUT2D eigenvalue weighted by Gasteiger charge is 2.32. The van der Waals surface area contributed by atoms with Crippen molar-refractivity contribution in [2.45, 2.75) is 30.6 Å². The van der Waals surface area contributed by atoms with Gasteiger partial charge in [0.05, 0.1) is 26.9 Å². The Bertz CT molecular complexity index is 734. The Balaban J connectivity index is 1.53. The molecule has 2 aliphatic heterocycles. The van der Waals surface area contributed by atoms with Crippen LogP contribution < -0.4 is 20.1 Å². The van der Waals surface area contributed by atoms with Crippen LogP contribution in [0.2, 0.25) is 0 Å². The van der Waals surface area contributed by atoms with E-state index in [9.17, 15) is 9.59 Å². The molecule has 0 aliphatic carbocycles.